The van der Waals surface area contributed by atoms with E-state index < -0.39 is 0 Å². The van der Waals surface area contributed by atoms with E-state index in [-0.39, 0.29) is 5.75 Å². The van der Waals surface area contributed by atoms with Gasteiger partial charge in [0, 0.05) is 18.7 Å². The Balaban J connectivity index is 1.92. The van der Waals surface area contributed by atoms with Gasteiger partial charge in [0.1, 0.15) is 5.75 Å². The number of methoxy groups -OCH3 is 2. The molecule has 0 aliphatic rings. The zero-order chi connectivity index (χ0) is 14.4. The lowest BCUT2D eigenvalue weighted by Gasteiger charge is -2.10. The van der Waals surface area contributed by atoms with Crippen LogP contribution in [-0.2, 0) is 13.1 Å². The maximum absolute atomic E-state index is 9.97. The predicted molar refractivity (Wildman–Crippen MR) is 78.2 cm³/mol. The summed E-state index contributed by atoms with van der Waals surface area (Å²) in [6.45, 7) is 1.30. The molecule has 0 aliphatic carbocycles. The summed E-state index contributed by atoms with van der Waals surface area (Å²) in [6, 6.07) is 13.4. The molecule has 0 amide bonds. The molecule has 4 heteroatoms. The molecule has 0 fully saturated rings. The highest BCUT2D eigenvalue weighted by atomic mass is 16.5. The van der Waals surface area contributed by atoms with Gasteiger partial charge in [0.2, 0.25) is 0 Å². The van der Waals surface area contributed by atoms with Crippen LogP contribution < -0.4 is 14.8 Å². The molecule has 0 aliphatic heterocycles. The van der Waals surface area contributed by atoms with Gasteiger partial charge in [-0.15, -0.1) is 0 Å². The van der Waals surface area contributed by atoms with Crippen molar-refractivity contribution in [2.75, 3.05) is 14.2 Å². The van der Waals surface area contributed by atoms with Gasteiger partial charge in [-0.05, 0) is 23.8 Å². The lowest BCUT2D eigenvalue weighted by molar-refractivity contribution is 0.369. The maximum Gasteiger partial charge on any atom is 0.162 e. The van der Waals surface area contributed by atoms with Crippen molar-refractivity contribution >= 4 is 0 Å². The van der Waals surface area contributed by atoms with Crippen LogP contribution in [0.1, 0.15) is 11.1 Å². The Labute approximate surface area is 119 Å². The van der Waals surface area contributed by atoms with E-state index in [1.165, 1.54) is 0 Å². The van der Waals surface area contributed by atoms with Gasteiger partial charge in [-0.25, -0.2) is 0 Å². The number of para-hydroxylation sites is 1. The third-order valence-corrected chi connectivity index (χ3v) is 3.11. The third kappa shape index (κ3) is 3.42. The zero-order valence-electron chi connectivity index (χ0n) is 11.7. The summed E-state index contributed by atoms with van der Waals surface area (Å²) in [7, 11) is 3.20. The van der Waals surface area contributed by atoms with Crippen molar-refractivity contribution in [3.05, 3.63) is 53.6 Å². The molecule has 0 spiro atoms. The second kappa shape index (κ2) is 6.82. The Morgan fingerprint density at radius 1 is 0.950 bits per heavy atom. The molecule has 106 valence electrons. The van der Waals surface area contributed by atoms with Crippen molar-refractivity contribution in [1.82, 2.24) is 5.32 Å². The van der Waals surface area contributed by atoms with Crippen LogP contribution in [0.15, 0.2) is 42.5 Å². The molecule has 0 saturated heterocycles. The number of hydrogen-bond acceptors (Lipinski definition) is 4. The van der Waals surface area contributed by atoms with Gasteiger partial charge in [-0.2, -0.15) is 0 Å². The zero-order valence-corrected chi connectivity index (χ0v) is 11.7. The smallest absolute Gasteiger partial charge is 0.162 e. The lowest BCUT2D eigenvalue weighted by Crippen LogP contribution is -2.12. The fourth-order valence-corrected chi connectivity index (χ4v) is 1.96. The first-order chi connectivity index (χ1) is 9.74. The summed E-state index contributed by atoms with van der Waals surface area (Å²) in [5, 5.41) is 13.3. The lowest BCUT2D eigenvalue weighted by atomic mass is 10.1. The van der Waals surface area contributed by atoms with E-state index >= 15 is 0 Å². The number of aromatic hydroxyl groups is 1. The van der Waals surface area contributed by atoms with Crippen molar-refractivity contribution in [3.63, 3.8) is 0 Å². The van der Waals surface area contributed by atoms with Crippen molar-refractivity contribution < 1.29 is 14.6 Å². The number of phenolic OH excluding ortho intramolecular Hbond substituents is 1. The van der Waals surface area contributed by atoms with E-state index in [0.717, 1.165) is 23.4 Å². The van der Waals surface area contributed by atoms with Gasteiger partial charge in [-0.1, -0.05) is 24.3 Å². The second-order valence-corrected chi connectivity index (χ2v) is 4.42. The molecule has 0 bridgehead atoms. The minimum atomic E-state index is 0.192. The van der Waals surface area contributed by atoms with E-state index in [0.29, 0.717) is 12.3 Å². The van der Waals surface area contributed by atoms with E-state index in [9.17, 15) is 5.11 Å². The standard InChI is InChI=1S/C16H19NO3/c1-19-14-8-6-12(7-9-14)10-17-11-13-4-3-5-15(20-2)16(13)18/h3-9,17-18H,10-11H2,1-2H3. The highest BCUT2D eigenvalue weighted by Gasteiger charge is 2.06. The molecule has 2 rings (SSSR count). The van der Waals surface area contributed by atoms with Gasteiger partial charge in [0.25, 0.3) is 0 Å². The van der Waals surface area contributed by atoms with Crippen LogP contribution in [0, 0.1) is 0 Å². The number of hydrogen-bond donors (Lipinski definition) is 2. The molecule has 0 radical (unpaired) electrons. The molecule has 0 aromatic heterocycles. The van der Waals surface area contributed by atoms with E-state index in [1.54, 1.807) is 20.3 Å². The molecular weight excluding hydrogens is 254 g/mol. The van der Waals surface area contributed by atoms with Crippen molar-refractivity contribution in [3.8, 4) is 17.2 Å². The van der Waals surface area contributed by atoms with Crippen LogP contribution in [-0.4, -0.2) is 19.3 Å². The van der Waals surface area contributed by atoms with Crippen LogP contribution in [0.4, 0.5) is 0 Å². The van der Waals surface area contributed by atoms with Gasteiger partial charge in [0.15, 0.2) is 11.5 Å². The summed E-state index contributed by atoms with van der Waals surface area (Å²) < 4.78 is 10.2. The van der Waals surface area contributed by atoms with Gasteiger partial charge in [0.05, 0.1) is 14.2 Å². The molecule has 2 aromatic carbocycles. The summed E-state index contributed by atoms with van der Waals surface area (Å²) >= 11 is 0. The first kappa shape index (κ1) is 14.2. The monoisotopic (exact) mass is 273 g/mol. The Morgan fingerprint density at radius 3 is 2.35 bits per heavy atom. The van der Waals surface area contributed by atoms with Crippen molar-refractivity contribution in [2.24, 2.45) is 0 Å². The molecule has 0 heterocycles. The van der Waals surface area contributed by atoms with Crippen LogP contribution in [0.3, 0.4) is 0 Å². The van der Waals surface area contributed by atoms with Gasteiger partial charge >= 0.3 is 0 Å². The van der Waals surface area contributed by atoms with Crippen molar-refractivity contribution in [1.29, 1.82) is 0 Å². The molecule has 4 nitrogen and oxygen atoms in total. The van der Waals surface area contributed by atoms with E-state index in [1.807, 2.05) is 36.4 Å². The molecular formula is C16H19NO3. The number of nitrogens with one attached hydrogen (secondary N) is 1. The maximum atomic E-state index is 9.97. The van der Waals surface area contributed by atoms with Crippen molar-refractivity contribution in [2.45, 2.75) is 13.1 Å². The molecule has 0 unspecified atom stereocenters. The van der Waals surface area contributed by atoms with Gasteiger partial charge < -0.3 is 19.9 Å². The predicted octanol–water partition coefficient (Wildman–Crippen LogP) is 2.70. The number of phenols is 1. The summed E-state index contributed by atoms with van der Waals surface area (Å²) in [4.78, 5) is 0. The molecule has 0 atom stereocenters. The van der Waals surface area contributed by atoms with Crippen LogP contribution in [0.25, 0.3) is 0 Å². The summed E-state index contributed by atoms with van der Waals surface area (Å²) in [5.74, 6) is 1.53. The molecule has 20 heavy (non-hydrogen) atoms. The third-order valence-electron chi connectivity index (χ3n) is 3.11. The fourth-order valence-electron chi connectivity index (χ4n) is 1.96. The SMILES string of the molecule is COc1ccc(CNCc2cccc(OC)c2O)cc1. The largest absolute Gasteiger partial charge is 0.504 e. The topological polar surface area (TPSA) is 50.7 Å². The summed E-state index contributed by atoms with van der Waals surface area (Å²) in [5.41, 5.74) is 1.98. The first-order valence-corrected chi connectivity index (χ1v) is 6.43. The average molecular weight is 273 g/mol. The Hall–Kier alpha value is -2.20. The average Bonchev–Trinajstić information content (AvgIpc) is 2.49. The first-order valence-electron chi connectivity index (χ1n) is 6.43. The Morgan fingerprint density at radius 2 is 1.70 bits per heavy atom. The number of benzene rings is 2. The summed E-state index contributed by atoms with van der Waals surface area (Å²) in [6.07, 6.45) is 0. The Kier molecular flexibility index (Phi) is 4.85. The van der Waals surface area contributed by atoms with Crippen LogP contribution >= 0.6 is 0 Å². The van der Waals surface area contributed by atoms with E-state index in [4.69, 9.17) is 9.47 Å². The normalized spacial score (nSPS) is 10.3. The fraction of sp³-hybridized carbons (Fsp3) is 0.250. The minimum absolute atomic E-state index is 0.192. The second-order valence-electron chi connectivity index (χ2n) is 4.42. The van der Waals surface area contributed by atoms with E-state index in [2.05, 4.69) is 5.32 Å². The van der Waals surface area contributed by atoms with Crippen LogP contribution in [0.2, 0.25) is 0 Å². The number of rotatable bonds is 6. The molecule has 2 N–H and O–H groups in total. The minimum Gasteiger partial charge on any atom is -0.504 e. The van der Waals surface area contributed by atoms with Gasteiger partial charge in [-0.3, -0.25) is 0 Å². The number of ether oxygens (including phenoxy) is 2. The Bertz CT molecular complexity index is 552. The molecule has 0 saturated carbocycles. The highest BCUT2D eigenvalue weighted by Crippen LogP contribution is 2.29. The van der Waals surface area contributed by atoms with Crippen LogP contribution in [0.5, 0.6) is 17.2 Å². The quantitative estimate of drug-likeness (QED) is 0.849. The highest BCUT2D eigenvalue weighted by molar-refractivity contribution is 5.45. The molecule has 2 aromatic rings.